The molecule has 3 aliphatic rings. The molecule has 0 aliphatic carbocycles. The lowest BCUT2D eigenvalue weighted by molar-refractivity contribution is -0.252. The quantitative estimate of drug-likeness (QED) is 0.724. The van der Waals surface area contributed by atoms with Crippen molar-refractivity contribution in [3.8, 4) is 0 Å². The minimum atomic E-state index is -1.58. The number of rotatable bonds is 2. The Kier molecular flexibility index (Phi) is 3.19. The third-order valence-electron chi connectivity index (χ3n) is 3.95. The molecule has 3 saturated heterocycles. The maximum Gasteiger partial charge on any atom is 0.190 e. The highest BCUT2D eigenvalue weighted by Gasteiger charge is 2.65. The van der Waals surface area contributed by atoms with Crippen molar-refractivity contribution in [2.24, 2.45) is 0 Å². The monoisotopic (exact) mass is 290 g/mol. The molecular weight excluding hydrogens is 268 g/mol. The Morgan fingerprint density at radius 2 is 1.70 bits per heavy atom. The van der Waals surface area contributed by atoms with Crippen LogP contribution in [-0.2, 0) is 23.7 Å². The Balaban J connectivity index is 1.81. The van der Waals surface area contributed by atoms with Crippen LogP contribution in [0.5, 0.6) is 0 Å². The Hall–Kier alpha value is -0.280. The summed E-state index contributed by atoms with van der Waals surface area (Å²) in [6.07, 6.45) is -2.72. The fourth-order valence-electron chi connectivity index (χ4n) is 3.05. The highest BCUT2D eigenvalue weighted by Crippen LogP contribution is 2.45. The van der Waals surface area contributed by atoms with Crippen molar-refractivity contribution in [1.82, 2.24) is 0 Å². The highest BCUT2D eigenvalue weighted by molar-refractivity contribution is 5.08. The van der Waals surface area contributed by atoms with Gasteiger partial charge in [-0.2, -0.15) is 0 Å². The van der Waals surface area contributed by atoms with Crippen molar-refractivity contribution in [3.63, 3.8) is 0 Å². The fourth-order valence-corrected chi connectivity index (χ4v) is 3.05. The summed E-state index contributed by atoms with van der Waals surface area (Å²) in [6, 6.07) is 0. The highest BCUT2D eigenvalue weighted by atomic mass is 16.8. The zero-order valence-corrected chi connectivity index (χ0v) is 12.2. The summed E-state index contributed by atoms with van der Waals surface area (Å²) in [6.45, 7) is 6.83. The van der Waals surface area contributed by atoms with Gasteiger partial charge in [0.1, 0.15) is 23.9 Å². The van der Waals surface area contributed by atoms with E-state index in [1.807, 2.05) is 0 Å². The van der Waals surface area contributed by atoms with E-state index in [9.17, 15) is 10.2 Å². The lowest BCUT2D eigenvalue weighted by atomic mass is 9.90. The van der Waals surface area contributed by atoms with Crippen molar-refractivity contribution in [1.29, 1.82) is 0 Å². The molecule has 7 heteroatoms. The third-order valence-corrected chi connectivity index (χ3v) is 3.95. The van der Waals surface area contributed by atoms with Crippen molar-refractivity contribution in [2.75, 3.05) is 13.2 Å². The van der Waals surface area contributed by atoms with E-state index < -0.39 is 48.4 Å². The van der Waals surface area contributed by atoms with E-state index in [1.165, 1.54) is 0 Å². The van der Waals surface area contributed by atoms with Gasteiger partial charge in [0.15, 0.2) is 17.9 Å². The van der Waals surface area contributed by atoms with E-state index in [4.69, 9.17) is 23.7 Å². The summed E-state index contributed by atoms with van der Waals surface area (Å²) < 4.78 is 28.2. The molecule has 0 aromatic heterocycles. The summed E-state index contributed by atoms with van der Waals surface area (Å²) in [5.41, 5.74) is -1.58. The van der Waals surface area contributed by atoms with Crippen molar-refractivity contribution < 1.29 is 33.9 Å². The standard InChI is InChI=1S/C13H22O7/c1-11(2)16-5-7(18-11)8-13(15,6-14)9-10(17-8)20-12(3,4)19-9/h7-10,14-15H,5-6H2,1-4H3/t7?,8?,9-,10+,13-/m0/s1. The van der Waals surface area contributed by atoms with E-state index in [-0.39, 0.29) is 6.61 Å². The van der Waals surface area contributed by atoms with Crippen LogP contribution in [0.25, 0.3) is 0 Å². The van der Waals surface area contributed by atoms with Crippen molar-refractivity contribution in [2.45, 2.75) is 69.5 Å². The van der Waals surface area contributed by atoms with Crippen LogP contribution < -0.4 is 0 Å². The predicted molar refractivity (Wildman–Crippen MR) is 65.6 cm³/mol. The molecule has 0 radical (unpaired) electrons. The Morgan fingerprint density at radius 1 is 1.00 bits per heavy atom. The summed E-state index contributed by atoms with van der Waals surface area (Å²) in [4.78, 5) is 0. The molecule has 20 heavy (non-hydrogen) atoms. The smallest absolute Gasteiger partial charge is 0.190 e. The van der Waals surface area contributed by atoms with Gasteiger partial charge in [-0.1, -0.05) is 0 Å². The third kappa shape index (κ3) is 2.18. The van der Waals surface area contributed by atoms with Gasteiger partial charge in [0.2, 0.25) is 0 Å². The topological polar surface area (TPSA) is 86.6 Å². The molecule has 3 aliphatic heterocycles. The second kappa shape index (κ2) is 4.36. The number of hydrogen-bond acceptors (Lipinski definition) is 7. The lowest BCUT2D eigenvalue weighted by Gasteiger charge is -2.34. The summed E-state index contributed by atoms with van der Waals surface area (Å²) in [5.74, 6) is -1.58. The zero-order chi connectivity index (χ0) is 14.8. The molecule has 3 fully saturated rings. The number of aliphatic hydroxyl groups is 2. The van der Waals surface area contributed by atoms with Crippen LogP contribution in [0, 0.1) is 0 Å². The maximum absolute atomic E-state index is 10.8. The van der Waals surface area contributed by atoms with Gasteiger partial charge >= 0.3 is 0 Å². The maximum atomic E-state index is 10.8. The molecule has 7 nitrogen and oxygen atoms in total. The van der Waals surface area contributed by atoms with E-state index in [0.717, 1.165) is 0 Å². The molecule has 5 atom stereocenters. The van der Waals surface area contributed by atoms with Gasteiger partial charge in [-0.3, -0.25) is 0 Å². The Morgan fingerprint density at radius 3 is 2.25 bits per heavy atom. The largest absolute Gasteiger partial charge is 0.393 e. The van der Waals surface area contributed by atoms with Gasteiger partial charge in [0.25, 0.3) is 0 Å². The molecule has 0 amide bonds. The average Bonchev–Trinajstić information content (AvgIpc) is 2.91. The van der Waals surface area contributed by atoms with Crippen LogP contribution in [0.1, 0.15) is 27.7 Å². The van der Waals surface area contributed by atoms with E-state index >= 15 is 0 Å². The van der Waals surface area contributed by atoms with E-state index in [0.29, 0.717) is 0 Å². The normalized spacial score (nSPS) is 49.5. The second-order valence-corrected chi connectivity index (χ2v) is 6.50. The summed E-state index contributed by atoms with van der Waals surface area (Å²) in [7, 11) is 0. The van der Waals surface area contributed by atoms with Crippen LogP contribution in [0.2, 0.25) is 0 Å². The van der Waals surface area contributed by atoms with Crippen LogP contribution in [-0.4, -0.2) is 65.2 Å². The van der Waals surface area contributed by atoms with Crippen molar-refractivity contribution in [3.05, 3.63) is 0 Å². The molecule has 0 spiro atoms. The first-order valence-electron chi connectivity index (χ1n) is 6.83. The van der Waals surface area contributed by atoms with Crippen LogP contribution >= 0.6 is 0 Å². The van der Waals surface area contributed by atoms with Gasteiger partial charge in [-0.05, 0) is 27.7 Å². The van der Waals surface area contributed by atoms with Gasteiger partial charge < -0.3 is 33.9 Å². The molecular formula is C13H22O7. The fraction of sp³-hybridized carbons (Fsp3) is 1.00. The van der Waals surface area contributed by atoms with Crippen LogP contribution in [0.15, 0.2) is 0 Å². The lowest BCUT2D eigenvalue weighted by Crippen LogP contribution is -2.56. The van der Waals surface area contributed by atoms with E-state index in [2.05, 4.69) is 0 Å². The molecule has 0 aromatic rings. The summed E-state index contributed by atoms with van der Waals surface area (Å²) in [5, 5.41) is 20.4. The average molecular weight is 290 g/mol. The molecule has 3 heterocycles. The van der Waals surface area contributed by atoms with Gasteiger partial charge in [-0.15, -0.1) is 0 Å². The van der Waals surface area contributed by atoms with Crippen LogP contribution in [0.4, 0.5) is 0 Å². The van der Waals surface area contributed by atoms with E-state index in [1.54, 1.807) is 27.7 Å². The van der Waals surface area contributed by atoms with Crippen LogP contribution in [0.3, 0.4) is 0 Å². The Bertz CT molecular complexity index is 396. The first-order chi connectivity index (χ1) is 9.17. The van der Waals surface area contributed by atoms with Gasteiger partial charge in [0, 0.05) is 0 Å². The summed E-state index contributed by atoms with van der Waals surface area (Å²) >= 11 is 0. The molecule has 3 rings (SSSR count). The molecule has 0 saturated carbocycles. The predicted octanol–water partition coefficient (Wildman–Crippen LogP) is -0.262. The number of fused-ring (bicyclic) bond motifs is 1. The number of hydrogen-bond donors (Lipinski definition) is 2. The second-order valence-electron chi connectivity index (χ2n) is 6.50. The molecule has 2 unspecified atom stereocenters. The zero-order valence-electron chi connectivity index (χ0n) is 12.2. The number of aliphatic hydroxyl groups excluding tert-OH is 1. The number of ether oxygens (including phenoxy) is 5. The van der Waals surface area contributed by atoms with Crippen molar-refractivity contribution >= 4 is 0 Å². The SMILES string of the molecule is CC1(C)OCC(C2O[C@@H]3OC(C)(C)O[C@@H]3[C@]2(O)CO)O1. The minimum Gasteiger partial charge on any atom is -0.393 e. The first-order valence-corrected chi connectivity index (χ1v) is 6.83. The molecule has 116 valence electrons. The minimum absolute atomic E-state index is 0.281. The van der Waals surface area contributed by atoms with Gasteiger partial charge in [-0.25, -0.2) is 0 Å². The molecule has 0 aromatic carbocycles. The van der Waals surface area contributed by atoms with Gasteiger partial charge in [0.05, 0.1) is 13.2 Å². The Labute approximate surface area is 117 Å². The molecule has 2 N–H and O–H groups in total. The first kappa shape index (κ1) is 14.6. The molecule has 0 bridgehead atoms.